The van der Waals surface area contributed by atoms with Gasteiger partial charge in [-0.05, 0) is 24.1 Å². The average Bonchev–Trinajstić information content (AvgIpc) is 2.62. The summed E-state index contributed by atoms with van der Waals surface area (Å²) in [6.45, 7) is 2.09. The largest absolute Gasteiger partial charge is 0.478 e. The van der Waals surface area contributed by atoms with Gasteiger partial charge in [-0.25, -0.2) is 4.79 Å². The predicted molar refractivity (Wildman–Crippen MR) is 82.6 cm³/mol. The second-order valence-electron chi connectivity index (χ2n) is 4.83. The van der Waals surface area contributed by atoms with E-state index in [-0.39, 0.29) is 11.4 Å². The number of hydrogen-bond donors (Lipinski definition) is 1. The fourth-order valence-electron chi connectivity index (χ4n) is 1.99. The molecule has 0 atom stereocenters. The minimum absolute atomic E-state index is 0.0994. The number of pyridine rings is 1. The molecule has 7 heteroatoms. The Labute approximate surface area is 132 Å². The van der Waals surface area contributed by atoms with Crippen LogP contribution in [0.5, 0.6) is 0 Å². The Hall–Kier alpha value is -3.22. The zero-order chi connectivity index (χ0) is 16.2. The summed E-state index contributed by atoms with van der Waals surface area (Å²) in [7, 11) is 0. The first-order valence-electron chi connectivity index (χ1n) is 7.04. The molecule has 0 bridgehead atoms. The number of aryl methyl sites for hydroxylation is 1. The van der Waals surface area contributed by atoms with Gasteiger partial charge in [-0.2, -0.15) is 0 Å². The van der Waals surface area contributed by atoms with Crippen LogP contribution < -0.4 is 0 Å². The quantitative estimate of drug-likeness (QED) is 0.788. The molecule has 7 nitrogen and oxygen atoms in total. The maximum Gasteiger partial charge on any atom is 0.337 e. The van der Waals surface area contributed by atoms with E-state index in [9.17, 15) is 4.79 Å². The Bertz CT molecular complexity index is 815. The number of carbonyl (C=O) groups is 1. The van der Waals surface area contributed by atoms with Crippen molar-refractivity contribution in [2.45, 2.75) is 13.3 Å². The zero-order valence-electron chi connectivity index (χ0n) is 12.3. The van der Waals surface area contributed by atoms with Gasteiger partial charge in [0.15, 0.2) is 0 Å². The van der Waals surface area contributed by atoms with Gasteiger partial charge in [-0.15, -0.1) is 20.4 Å². The topological polar surface area (TPSA) is 102 Å². The Balaban J connectivity index is 1.84. The molecule has 0 fully saturated rings. The summed E-state index contributed by atoms with van der Waals surface area (Å²) in [6, 6.07) is 10.8. The van der Waals surface area contributed by atoms with Crippen LogP contribution in [0.15, 0.2) is 42.6 Å². The van der Waals surface area contributed by atoms with Crippen molar-refractivity contribution >= 4 is 5.97 Å². The summed E-state index contributed by atoms with van der Waals surface area (Å²) in [6.07, 6.45) is 2.22. The number of aromatic nitrogens is 5. The number of aromatic carboxylic acids is 1. The third-order valence-electron chi connectivity index (χ3n) is 3.34. The summed E-state index contributed by atoms with van der Waals surface area (Å²) in [4.78, 5) is 14.8. The highest BCUT2D eigenvalue weighted by Gasteiger charge is 2.09. The summed E-state index contributed by atoms with van der Waals surface area (Å²) >= 11 is 0. The molecule has 0 spiro atoms. The molecule has 114 valence electrons. The fourth-order valence-corrected chi connectivity index (χ4v) is 1.99. The van der Waals surface area contributed by atoms with Crippen molar-refractivity contribution in [2.24, 2.45) is 0 Å². The summed E-state index contributed by atoms with van der Waals surface area (Å²) in [5.41, 5.74) is 2.59. The Kier molecular flexibility index (Phi) is 4.01. The molecule has 3 aromatic rings. The Morgan fingerprint density at radius 3 is 2.13 bits per heavy atom. The van der Waals surface area contributed by atoms with Crippen molar-refractivity contribution in [3.63, 3.8) is 0 Å². The molecule has 2 aromatic heterocycles. The molecule has 0 aliphatic heterocycles. The van der Waals surface area contributed by atoms with Gasteiger partial charge in [0.05, 0.1) is 5.56 Å². The predicted octanol–water partition coefficient (Wildman–Crippen LogP) is 2.26. The van der Waals surface area contributed by atoms with Gasteiger partial charge in [0, 0.05) is 11.8 Å². The van der Waals surface area contributed by atoms with E-state index < -0.39 is 5.97 Å². The standard InChI is InChI=1S/C16H13N5O2/c1-2-10-3-5-11(6-4-10)14-18-20-15(21-19-14)13-8-7-12(9-17-13)16(22)23/h3-9H,2H2,1H3,(H,22,23). The molecule has 0 amide bonds. The van der Waals surface area contributed by atoms with Gasteiger partial charge in [0.25, 0.3) is 0 Å². The van der Waals surface area contributed by atoms with Crippen molar-refractivity contribution in [1.82, 2.24) is 25.4 Å². The van der Waals surface area contributed by atoms with Crippen LogP contribution in [0, 0.1) is 0 Å². The van der Waals surface area contributed by atoms with Crippen molar-refractivity contribution in [1.29, 1.82) is 0 Å². The third-order valence-corrected chi connectivity index (χ3v) is 3.34. The number of rotatable bonds is 4. The monoisotopic (exact) mass is 307 g/mol. The van der Waals surface area contributed by atoms with E-state index in [0.717, 1.165) is 12.0 Å². The lowest BCUT2D eigenvalue weighted by molar-refractivity contribution is 0.0696. The fraction of sp³-hybridized carbons (Fsp3) is 0.125. The minimum atomic E-state index is -1.04. The van der Waals surface area contributed by atoms with Crippen LogP contribution in [0.3, 0.4) is 0 Å². The number of nitrogens with zero attached hydrogens (tertiary/aromatic N) is 5. The van der Waals surface area contributed by atoms with E-state index in [1.807, 2.05) is 24.3 Å². The highest BCUT2D eigenvalue weighted by atomic mass is 16.4. The van der Waals surface area contributed by atoms with Gasteiger partial charge in [0.1, 0.15) is 5.69 Å². The molecule has 2 heterocycles. The van der Waals surface area contributed by atoms with E-state index in [4.69, 9.17) is 5.11 Å². The SMILES string of the molecule is CCc1ccc(-c2nnc(-c3ccc(C(=O)O)cn3)nn2)cc1. The van der Waals surface area contributed by atoms with Gasteiger partial charge >= 0.3 is 5.97 Å². The number of benzene rings is 1. The molecule has 0 aliphatic carbocycles. The minimum Gasteiger partial charge on any atom is -0.478 e. The van der Waals surface area contributed by atoms with Crippen LogP contribution >= 0.6 is 0 Å². The van der Waals surface area contributed by atoms with E-state index in [0.29, 0.717) is 11.5 Å². The first-order valence-corrected chi connectivity index (χ1v) is 7.04. The maximum atomic E-state index is 10.8. The van der Waals surface area contributed by atoms with Gasteiger partial charge < -0.3 is 5.11 Å². The van der Waals surface area contributed by atoms with Crippen molar-refractivity contribution in [3.8, 4) is 22.9 Å². The third kappa shape index (κ3) is 3.18. The Morgan fingerprint density at radius 2 is 1.61 bits per heavy atom. The van der Waals surface area contributed by atoms with Crippen molar-refractivity contribution in [3.05, 3.63) is 53.7 Å². The molecule has 3 rings (SSSR count). The highest BCUT2D eigenvalue weighted by molar-refractivity contribution is 5.87. The van der Waals surface area contributed by atoms with Gasteiger partial charge in [-0.1, -0.05) is 31.2 Å². The molecule has 0 radical (unpaired) electrons. The molecule has 0 saturated heterocycles. The number of carboxylic acids is 1. The van der Waals surface area contributed by atoms with Crippen LogP contribution in [0.25, 0.3) is 22.9 Å². The van der Waals surface area contributed by atoms with E-state index >= 15 is 0 Å². The summed E-state index contributed by atoms with van der Waals surface area (Å²) < 4.78 is 0. The lowest BCUT2D eigenvalue weighted by Crippen LogP contribution is -2.02. The lowest BCUT2D eigenvalue weighted by atomic mass is 10.1. The van der Waals surface area contributed by atoms with Crippen molar-refractivity contribution < 1.29 is 9.90 Å². The van der Waals surface area contributed by atoms with E-state index in [1.165, 1.54) is 23.9 Å². The number of hydrogen-bond acceptors (Lipinski definition) is 6. The lowest BCUT2D eigenvalue weighted by Gasteiger charge is -2.02. The first-order chi connectivity index (χ1) is 11.2. The Morgan fingerprint density at radius 1 is 0.957 bits per heavy atom. The zero-order valence-corrected chi connectivity index (χ0v) is 12.3. The molecule has 23 heavy (non-hydrogen) atoms. The normalized spacial score (nSPS) is 10.5. The highest BCUT2D eigenvalue weighted by Crippen LogP contribution is 2.16. The smallest absolute Gasteiger partial charge is 0.337 e. The summed E-state index contributed by atoms with van der Waals surface area (Å²) in [5, 5.41) is 25.0. The molecular weight excluding hydrogens is 294 g/mol. The number of carboxylic acid groups (broad SMARTS) is 1. The maximum absolute atomic E-state index is 10.8. The van der Waals surface area contributed by atoms with Crippen LogP contribution in [-0.2, 0) is 6.42 Å². The molecule has 1 aromatic carbocycles. The van der Waals surface area contributed by atoms with Gasteiger partial charge in [0.2, 0.25) is 11.6 Å². The first kappa shape index (κ1) is 14.7. The van der Waals surface area contributed by atoms with Crippen LogP contribution in [0.1, 0.15) is 22.8 Å². The molecule has 0 unspecified atom stereocenters. The molecule has 0 saturated carbocycles. The van der Waals surface area contributed by atoms with Crippen LogP contribution in [0.2, 0.25) is 0 Å². The van der Waals surface area contributed by atoms with E-state index in [2.05, 4.69) is 32.3 Å². The second kappa shape index (κ2) is 6.27. The van der Waals surface area contributed by atoms with Gasteiger partial charge in [-0.3, -0.25) is 4.98 Å². The van der Waals surface area contributed by atoms with Crippen LogP contribution in [-0.4, -0.2) is 36.5 Å². The molecule has 0 aliphatic rings. The van der Waals surface area contributed by atoms with E-state index in [1.54, 1.807) is 0 Å². The van der Waals surface area contributed by atoms with Crippen molar-refractivity contribution in [2.75, 3.05) is 0 Å². The van der Waals surface area contributed by atoms with Crippen LogP contribution in [0.4, 0.5) is 0 Å². The molecule has 1 N–H and O–H groups in total. The summed E-state index contributed by atoms with van der Waals surface area (Å²) in [5.74, 6) is -0.360. The molecular formula is C16H13N5O2. The second-order valence-corrected chi connectivity index (χ2v) is 4.83. The average molecular weight is 307 g/mol.